The largest absolute Gasteiger partial charge is 0.321 e. The fraction of sp³-hybridized carbons (Fsp3) is 0.300. The molecule has 0 aliphatic carbocycles. The van der Waals surface area contributed by atoms with E-state index in [1.54, 1.807) is 0 Å². The highest BCUT2D eigenvalue weighted by Crippen LogP contribution is 2.01. The number of hydrogen-bond donors (Lipinski definition) is 1. The van der Waals surface area contributed by atoms with E-state index in [0.29, 0.717) is 0 Å². The van der Waals surface area contributed by atoms with E-state index < -0.39 is 0 Å². The van der Waals surface area contributed by atoms with Gasteiger partial charge in [-0.2, -0.15) is 5.26 Å². The molecule has 2 heteroatoms. The molecule has 0 spiro atoms. The van der Waals surface area contributed by atoms with Gasteiger partial charge in [0.2, 0.25) is 0 Å². The number of nitrogens with zero attached hydrogens (tertiary/aromatic N) is 1. The molecule has 0 bridgehead atoms. The van der Waals surface area contributed by atoms with Crippen LogP contribution in [0.15, 0.2) is 30.3 Å². The molecular formula is C10H12N2. The molecule has 12 heavy (non-hydrogen) atoms. The van der Waals surface area contributed by atoms with Gasteiger partial charge >= 0.3 is 0 Å². The molecule has 1 rings (SSSR count). The molecule has 1 unspecified atom stereocenters. The second kappa shape index (κ2) is 4.40. The van der Waals surface area contributed by atoms with Crippen molar-refractivity contribution in [1.82, 2.24) is 5.32 Å². The average molecular weight is 160 g/mol. The minimum absolute atomic E-state index is 0.220. The van der Waals surface area contributed by atoms with Gasteiger partial charge in [-0.05, 0) is 18.9 Å². The van der Waals surface area contributed by atoms with Crippen LogP contribution in [0.3, 0.4) is 0 Å². The maximum Gasteiger partial charge on any atom is 0.176 e. The minimum atomic E-state index is 0.220. The van der Waals surface area contributed by atoms with Crippen molar-refractivity contribution in [2.75, 3.05) is 0 Å². The number of benzene rings is 1. The number of rotatable bonds is 3. The molecule has 2 nitrogen and oxygen atoms in total. The van der Waals surface area contributed by atoms with Crippen molar-refractivity contribution in [1.29, 1.82) is 5.26 Å². The Balaban J connectivity index is 2.48. The van der Waals surface area contributed by atoms with Crippen LogP contribution in [0.2, 0.25) is 0 Å². The maximum absolute atomic E-state index is 8.35. The molecular weight excluding hydrogens is 148 g/mol. The summed E-state index contributed by atoms with van der Waals surface area (Å²) in [6, 6.07) is 10.4. The molecule has 1 aromatic rings. The van der Waals surface area contributed by atoms with E-state index >= 15 is 0 Å². The van der Waals surface area contributed by atoms with Gasteiger partial charge in [-0.25, -0.2) is 0 Å². The molecule has 0 radical (unpaired) electrons. The topological polar surface area (TPSA) is 35.8 Å². The molecule has 0 saturated heterocycles. The summed E-state index contributed by atoms with van der Waals surface area (Å²) in [4.78, 5) is 0. The lowest BCUT2D eigenvalue weighted by molar-refractivity contribution is 0.645. The van der Waals surface area contributed by atoms with Gasteiger partial charge in [0.05, 0.1) is 0 Å². The normalized spacial score (nSPS) is 11.7. The van der Waals surface area contributed by atoms with Gasteiger partial charge in [0.15, 0.2) is 6.19 Å². The van der Waals surface area contributed by atoms with Crippen LogP contribution < -0.4 is 5.32 Å². The van der Waals surface area contributed by atoms with Crippen LogP contribution in [-0.2, 0) is 6.42 Å². The zero-order chi connectivity index (χ0) is 8.81. The third-order valence-corrected chi connectivity index (χ3v) is 1.70. The van der Waals surface area contributed by atoms with Gasteiger partial charge in [0, 0.05) is 6.04 Å². The van der Waals surface area contributed by atoms with Gasteiger partial charge in [-0.3, -0.25) is 0 Å². The van der Waals surface area contributed by atoms with Crippen LogP contribution in [0, 0.1) is 11.5 Å². The van der Waals surface area contributed by atoms with Crippen molar-refractivity contribution in [2.24, 2.45) is 0 Å². The third-order valence-electron chi connectivity index (χ3n) is 1.70. The summed E-state index contributed by atoms with van der Waals surface area (Å²) in [6.07, 6.45) is 2.83. The third kappa shape index (κ3) is 2.63. The fourth-order valence-electron chi connectivity index (χ4n) is 1.13. The van der Waals surface area contributed by atoms with Crippen LogP contribution >= 0.6 is 0 Å². The minimum Gasteiger partial charge on any atom is -0.321 e. The average Bonchev–Trinajstić information content (AvgIpc) is 2.06. The first kappa shape index (κ1) is 8.61. The lowest BCUT2D eigenvalue weighted by Crippen LogP contribution is -2.22. The molecule has 62 valence electrons. The molecule has 0 fully saturated rings. The van der Waals surface area contributed by atoms with Gasteiger partial charge in [-0.15, -0.1) is 0 Å². The monoisotopic (exact) mass is 160 g/mol. The Bertz CT molecular complexity index is 261. The van der Waals surface area contributed by atoms with Gasteiger partial charge < -0.3 is 5.32 Å². The Kier molecular flexibility index (Phi) is 3.16. The van der Waals surface area contributed by atoms with Crippen molar-refractivity contribution >= 4 is 0 Å². The standard InChI is InChI=1S/C10H12N2/c1-9(12-8-11)7-10-5-3-2-4-6-10/h2-6,9,12H,7H2,1H3. The molecule has 1 atom stereocenters. The number of nitrogens with one attached hydrogen (secondary N) is 1. The Morgan fingerprint density at radius 1 is 1.42 bits per heavy atom. The van der Waals surface area contributed by atoms with Crippen LogP contribution in [0.5, 0.6) is 0 Å². The van der Waals surface area contributed by atoms with Crippen LogP contribution in [0.25, 0.3) is 0 Å². The highest BCUT2D eigenvalue weighted by molar-refractivity contribution is 5.15. The summed E-state index contributed by atoms with van der Waals surface area (Å²) in [6.45, 7) is 2.00. The molecule has 1 aromatic carbocycles. The van der Waals surface area contributed by atoms with Crippen LogP contribution in [-0.4, -0.2) is 6.04 Å². The van der Waals surface area contributed by atoms with Crippen LogP contribution in [0.1, 0.15) is 12.5 Å². The molecule has 0 aliphatic rings. The van der Waals surface area contributed by atoms with Crippen molar-refractivity contribution in [3.8, 4) is 6.19 Å². The Hall–Kier alpha value is -1.49. The van der Waals surface area contributed by atoms with Crippen molar-refractivity contribution in [2.45, 2.75) is 19.4 Å². The molecule has 0 saturated carbocycles. The number of nitriles is 1. The summed E-state index contributed by atoms with van der Waals surface area (Å²) in [5.41, 5.74) is 1.26. The van der Waals surface area contributed by atoms with Crippen molar-refractivity contribution in [3.63, 3.8) is 0 Å². The predicted molar refractivity (Wildman–Crippen MR) is 48.4 cm³/mol. The van der Waals surface area contributed by atoms with E-state index in [0.717, 1.165) is 6.42 Å². The predicted octanol–water partition coefficient (Wildman–Crippen LogP) is 1.69. The zero-order valence-electron chi connectivity index (χ0n) is 7.12. The van der Waals surface area contributed by atoms with Crippen molar-refractivity contribution in [3.05, 3.63) is 35.9 Å². The number of hydrogen-bond acceptors (Lipinski definition) is 2. The van der Waals surface area contributed by atoms with E-state index in [4.69, 9.17) is 5.26 Å². The van der Waals surface area contributed by atoms with E-state index in [-0.39, 0.29) is 6.04 Å². The molecule has 1 N–H and O–H groups in total. The molecule has 0 aromatic heterocycles. The quantitative estimate of drug-likeness (QED) is 0.539. The Morgan fingerprint density at radius 2 is 2.08 bits per heavy atom. The fourth-order valence-corrected chi connectivity index (χ4v) is 1.13. The first-order chi connectivity index (χ1) is 5.83. The maximum atomic E-state index is 8.35. The summed E-state index contributed by atoms with van der Waals surface area (Å²) in [7, 11) is 0. The van der Waals surface area contributed by atoms with Gasteiger partial charge in [0.1, 0.15) is 0 Å². The highest BCUT2D eigenvalue weighted by atomic mass is 14.9. The van der Waals surface area contributed by atoms with Crippen molar-refractivity contribution < 1.29 is 0 Å². The first-order valence-corrected chi connectivity index (χ1v) is 4.01. The summed E-state index contributed by atoms with van der Waals surface area (Å²) < 4.78 is 0. The molecule has 0 aliphatic heterocycles. The van der Waals surface area contributed by atoms with E-state index in [2.05, 4.69) is 17.4 Å². The Morgan fingerprint density at radius 3 is 2.67 bits per heavy atom. The second-order valence-electron chi connectivity index (χ2n) is 2.85. The molecule has 0 amide bonds. The second-order valence-corrected chi connectivity index (χ2v) is 2.85. The summed E-state index contributed by atoms with van der Waals surface area (Å²) >= 11 is 0. The highest BCUT2D eigenvalue weighted by Gasteiger charge is 1.99. The van der Waals surface area contributed by atoms with Gasteiger partial charge in [-0.1, -0.05) is 30.3 Å². The van der Waals surface area contributed by atoms with Crippen LogP contribution in [0.4, 0.5) is 0 Å². The lowest BCUT2D eigenvalue weighted by atomic mass is 10.1. The lowest BCUT2D eigenvalue weighted by Gasteiger charge is -2.07. The van der Waals surface area contributed by atoms with E-state index in [1.807, 2.05) is 31.3 Å². The summed E-state index contributed by atoms with van der Waals surface area (Å²) in [5, 5.41) is 11.1. The first-order valence-electron chi connectivity index (χ1n) is 4.01. The van der Waals surface area contributed by atoms with E-state index in [9.17, 15) is 0 Å². The van der Waals surface area contributed by atoms with E-state index in [1.165, 1.54) is 5.56 Å². The zero-order valence-corrected chi connectivity index (χ0v) is 7.12. The smallest absolute Gasteiger partial charge is 0.176 e. The summed E-state index contributed by atoms with van der Waals surface area (Å²) in [5.74, 6) is 0. The SMILES string of the molecule is CC(Cc1ccccc1)NC#N. The van der Waals surface area contributed by atoms with Gasteiger partial charge in [0.25, 0.3) is 0 Å². The Labute approximate surface area is 72.8 Å². The molecule has 0 heterocycles.